The molecule has 0 spiro atoms. The smallest absolute Gasteiger partial charge is 0.129 e. The zero-order valence-corrected chi connectivity index (χ0v) is 6.85. The van der Waals surface area contributed by atoms with Crippen LogP contribution in [0.2, 0.25) is 0 Å². The zero-order chi connectivity index (χ0) is 7.78. The van der Waals surface area contributed by atoms with Crippen LogP contribution in [0.4, 0.5) is 5.82 Å². The maximum atomic E-state index is 11.4. The highest BCUT2D eigenvalue weighted by molar-refractivity contribution is 7.70. The van der Waals surface area contributed by atoms with Gasteiger partial charge in [-0.2, -0.15) is 5.10 Å². The van der Waals surface area contributed by atoms with E-state index in [-0.39, 0.29) is 0 Å². The molecule has 1 aromatic heterocycles. The molecule has 56 valence electrons. The van der Waals surface area contributed by atoms with Crippen LogP contribution in [0.3, 0.4) is 0 Å². The summed E-state index contributed by atoms with van der Waals surface area (Å²) in [5, 5.41) is 6.83. The van der Waals surface area contributed by atoms with Gasteiger partial charge < -0.3 is 10.3 Å². The topological polar surface area (TPSA) is 71.8 Å². The van der Waals surface area contributed by atoms with Crippen molar-refractivity contribution in [2.45, 2.75) is 0 Å². The Bertz CT molecular complexity index is 274. The van der Waals surface area contributed by atoms with Crippen LogP contribution in [-0.4, -0.2) is 23.5 Å². The van der Waals surface area contributed by atoms with Crippen LogP contribution in [0.15, 0.2) is 6.20 Å². The van der Waals surface area contributed by atoms with Gasteiger partial charge in [-0.15, -0.1) is 0 Å². The predicted octanol–water partition coefficient (Wildman–Crippen LogP) is 0.240. The predicted molar refractivity (Wildman–Crippen MR) is 42.1 cm³/mol. The Morgan fingerprint density at radius 1 is 1.70 bits per heavy atom. The van der Waals surface area contributed by atoms with Gasteiger partial charge in [0.05, 0.1) is 11.5 Å². The molecule has 0 aromatic carbocycles. The Kier molecular flexibility index (Phi) is 1.57. The lowest BCUT2D eigenvalue weighted by atomic mass is 10.7. The zero-order valence-electron chi connectivity index (χ0n) is 5.96. The molecule has 5 heteroatoms. The lowest BCUT2D eigenvalue weighted by molar-refractivity contribution is 0.588. The van der Waals surface area contributed by atoms with Crippen molar-refractivity contribution < 1.29 is 4.57 Å². The van der Waals surface area contributed by atoms with Crippen LogP contribution in [0, 0.1) is 0 Å². The van der Waals surface area contributed by atoms with E-state index in [2.05, 4.69) is 10.2 Å². The maximum Gasteiger partial charge on any atom is 0.129 e. The van der Waals surface area contributed by atoms with Gasteiger partial charge in [0.1, 0.15) is 13.0 Å². The first-order valence-corrected chi connectivity index (χ1v) is 5.46. The van der Waals surface area contributed by atoms with Gasteiger partial charge in [0, 0.05) is 0 Å². The van der Waals surface area contributed by atoms with E-state index >= 15 is 0 Å². The number of aromatic nitrogens is 2. The number of hydrogen-bond acceptors (Lipinski definition) is 3. The fourth-order valence-electron chi connectivity index (χ4n) is 0.719. The summed E-state index contributed by atoms with van der Waals surface area (Å²) in [5.74, 6) is 0.410. The van der Waals surface area contributed by atoms with Crippen molar-refractivity contribution in [2.24, 2.45) is 0 Å². The number of nitrogen functional groups attached to an aromatic ring is 1. The number of anilines is 1. The van der Waals surface area contributed by atoms with E-state index in [0.717, 1.165) is 0 Å². The van der Waals surface area contributed by atoms with Crippen molar-refractivity contribution in [3.63, 3.8) is 0 Å². The number of aromatic amines is 1. The van der Waals surface area contributed by atoms with Crippen molar-refractivity contribution in [1.29, 1.82) is 0 Å². The van der Waals surface area contributed by atoms with E-state index in [4.69, 9.17) is 5.73 Å². The number of nitrogens with one attached hydrogen (secondary N) is 1. The second kappa shape index (κ2) is 2.13. The molecule has 3 N–H and O–H groups in total. The summed E-state index contributed by atoms with van der Waals surface area (Å²) in [4.78, 5) is 0. The number of H-pyrrole nitrogens is 1. The monoisotopic (exact) mass is 159 g/mol. The molecule has 0 saturated heterocycles. The van der Waals surface area contributed by atoms with Gasteiger partial charge in [-0.1, -0.05) is 0 Å². The molecule has 0 bridgehead atoms. The van der Waals surface area contributed by atoms with Crippen LogP contribution >= 0.6 is 7.14 Å². The molecule has 0 saturated carbocycles. The van der Waals surface area contributed by atoms with E-state index < -0.39 is 7.14 Å². The van der Waals surface area contributed by atoms with Crippen LogP contribution in [0.25, 0.3) is 0 Å². The summed E-state index contributed by atoms with van der Waals surface area (Å²) in [6, 6.07) is 0. The molecule has 1 aromatic rings. The number of nitrogens with two attached hydrogens (primary N) is 1. The number of rotatable bonds is 1. The van der Waals surface area contributed by atoms with E-state index in [1.807, 2.05) is 0 Å². The van der Waals surface area contributed by atoms with Gasteiger partial charge in [-0.25, -0.2) is 0 Å². The first-order valence-electron chi connectivity index (χ1n) is 2.86. The largest absolute Gasteiger partial charge is 0.383 e. The minimum Gasteiger partial charge on any atom is -0.383 e. The van der Waals surface area contributed by atoms with Crippen LogP contribution in [0.5, 0.6) is 0 Å². The molecule has 4 nitrogen and oxygen atoms in total. The quantitative estimate of drug-likeness (QED) is 0.576. The molecule has 0 unspecified atom stereocenters. The van der Waals surface area contributed by atoms with Gasteiger partial charge in [-0.05, 0) is 13.3 Å². The molecular formula is C5H10N3OP. The highest BCUT2D eigenvalue weighted by Gasteiger charge is 2.15. The van der Waals surface area contributed by atoms with Crippen molar-refractivity contribution >= 4 is 18.3 Å². The third kappa shape index (κ3) is 1.21. The second-order valence-corrected chi connectivity index (χ2v) is 5.70. The average molecular weight is 159 g/mol. The highest BCUT2D eigenvalue weighted by Crippen LogP contribution is 2.35. The van der Waals surface area contributed by atoms with Gasteiger partial charge in [0.25, 0.3) is 0 Å². The first-order chi connectivity index (χ1) is 4.52. The van der Waals surface area contributed by atoms with E-state index in [9.17, 15) is 4.57 Å². The lowest BCUT2D eigenvalue weighted by Crippen LogP contribution is -2.05. The molecule has 0 aliphatic heterocycles. The average Bonchev–Trinajstić information content (AvgIpc) is 2.11. The molecule has 0 atom stereocenters. The molecule has 1 heterocycles. The Hall–Kier alpha value is -0.760. The van der Waals surface area contributed by atoms with Crippen molar-refractivity contribution in [3.05, 3.63) is 6.20 Å². The molecular weight excluding hydrogens is 149 g/mol. The lowest BCUT2D eigenvalue weighted by Gasteiger charge is -2.02. The normalized spacial score (nSPS) is 11.8. The van der Waals surface area contributed by atoms with Crippen molar-refractivity contribution in [1.82, 2.24) is 10.2 Å². The Morgan fingerprint density at radius 2 is 2.30 bits per heavy atom. The Balaban J connectivity index is 3.18. The van der Waals surface area contributed by atoms with Gasteiger partial charge in [0.2, 0.25) is 0 Å². The highest BCUT2D eigenvalue weighted by atomic mass is 31.2. The minimum atomic E-state index is -2.23. The standard InChI is InChI=1S/C5H10N3OP/c1-10(2,9)4-3-7-8-5(4)6/h3H,1-2H3,(H3,6,7,8). The molecule has 10 heavy (non-hydrogen) atoms. The number of hydrogen-bond donors (Lipinski definition) is 2. The molecule has 0 amide bonds. The first kappa shape index (κ1) is 7.35. The van der Waals surface area contributed by atoms with Crippen LogP contribution in [-0.2, 0) is 4.57 Å². The summed E-state index contributed by atoms with van der Waals surface area (Å²) < 4.78 is 11.4. The molecule has 0 radical (unpaired) electrons. The summed E-state index contributed by atoms with van der Waals surface area (Å²) >= 11 is 0. The Morgan fingerprint density at radius 3 is 2.50 bits per heavy atom. The molecule has 0 aliphatic carbocycles. The van der Waals surface area contributed by atoms with E-state index in [1.54, 1.807) is 13.3 Å². The fourth-order valence-corrected chi connectivity index (χ4v) is 1.68. The summed E-state index contributed by atoms with van der Waals surface area (Å²) in [6.45, 7) is 3.32. The Labute approximate surface area is 59.2 Å². The fraction of sp³-hybridized carbons (Fsp3) is 0.400. The third-order valence-electron chi connectivity index (χ3n) is 1.23. The summed E-state index contributed by atoms with van der Waals surface area (Å²) in [6.07, 6.45) is 1.51. The van der Waals surface area contributed by atoms with E-state index in [1.165, 1.54) is 6.20 Å². The van der Waals surface area contributed by atoms with Gasteiger partial charge in [-0.3, -0.25) is 5.10 Å². The van der Waals surface area contributed by atoms with Crippen molar-refractivity contribution in [3.8, 4) is 0 Å². The molecule has 0 fully saturated rings. The summed E-state index contributed by atoms with van der Waals surface area (Å²) in [7, 11) is -2.23. The SMILES string of the molecule is CP(C)(=O)c1cn[nH]c1N. The molecule has 1 rings (SSSR count). The maximum absolute atomic E-state index is 11.4. The minimum absolute atomic E-state index is 0.410. The number of nitrogens with zero attached hydrogens (tertiary/aromatic N) is 1. The van der Waals surface area contributed by atoms with Crippen molar-refractivity contribution in [2.75, 3.05) is 19.1 Å². The molecule has 0 aliphatic rings. The third-order valence-corrected chi connectivity index (χ3v) is 2.74. The summed E-state index contributed by atoms with van der Waals surface area (Å²) in [5.41, 5.74) is 5.44. The van der Waals surface area contributed by atoms with Gasteiger partial charge >= 0.3 is 0 Å². The van der Waals surface area contributed by atoms with E-state index in [0.29, 0.717) is 11.1 Å². The van der Waals surface area contributed by atoms with Gasteiger partial charge in [0.15, 0.2) is 0 Å². The van der Waals surface area contributed by atoms with Crippen LogP contribution in [0.1, 0.15) is 0 Å². The van der Waals surface area contributed by atoms with Crippen LogP contribution < -0.4 is 11.0 Å². The second-order valence-electron chi connectivity index (χ2n) is 2.52.